The average Bonchev–Trinajstić information content (AvgIpc) is 3.33. The molecule has 0 radical (unpaired) electrons. The quantitative estimate of drug-likeness (QED) is 0.267. The Morgan fingerprint density at radius 3 is 2.44 bits per heavy atom. The third-order valence-electron chi connectivity index (χ3n) is 5.75. The molecule has 4 aromatic rings. The van der Waals surface area contributed by atoms with E-state index in [1.807, 2.05) is 91.2 Å². The van der Waals surface area contributed by atoms with Gasteiger partial charge < -0.3 is 14.8 Å². The maximum atomic E-state index is 12.9. The van der Waals surface area contributed by atoms with Crippen molar-refractivity contribution in [3.05, 3.63) is 89.7 Å². The first-order chi connectivity index (χ1) is 17.5. The van der Waals surface area contributed by atoms with Gasteiger partial charge >= 0.3 is 0 Å². The molecule has 3 aromatic carbocycles. The zero-order valence-corrected chi connectivity index (χ0v) is 21.7. The van der Waals surface area contributed by atoms with Crippen LogP contribution in [0.2, 0.25) is 0 Å². The molecule has 1 N–H and O–H groups in total. The molecule has 0 fully saturated rings. The summed E-state index contributed by atoms with van der Waals surface area (Å²) in [4.78, 5) is 12.9. The molecule has 0 aliphatic carbocycles. The van der Waals surface area contributed by atoms with E-state index in [0.29, 0.717) is 22.5 Å². The lowest BCUT2D eigenvalue weighted by atomic mass is 10.1. The summed E-state index contributed by atoms with van der Waals surface area (Å²) >= 11 is 1.34. The maximum absolute atomic E-state index is 12.9. The second-order valence-electron chi connectivity index (χ2n) is 8.22. The topological polar surface area (TPSA) is 78.3 Å². The highest BCUT2D eigenvalue weighted by Crippen LogP contribution is 2.32. The maximum Gasteiger partial charge on any atom is 0.234 e. The van der Waals surface area contributed by atoms with Crippen LogP contribution in [-0.2, 0) is 11.2 Å². The van der Waals surface area contributed by atoms with Crippen LogP contribution in [0.15, 0.2) is 78.0 Å². The van der Waals surface area contributed by atoms with Gasteiger partial charge in [0, 0.05) is 11.4 Å². The molecule has 1 heterocycles. The van der Waals surface area contributed by atoms with Gasteiger partial charge in [0.1, 0.15) is 0 Å². The minimum Gasteiger partial charge on any atom is -0.493 e. The number of methoxy groups -OCH3 is 1. The van der Waals surface area contributed by atoms with Gasteiger partial charge in [-0.25, -0.2) is 0 Å². The average molecular weight is 503 g/mol. The first-order valence-electron chi connectivity index (χ1n) is 11.8. The fourth-order valence-corrected chi connectivity index (χ4v) is 4.68. The molecule has 0 saturated heterocycles. The molecule has 1 amide bonds. The van der Waals surface area contributed by atoms with Gasteiger partial charge in [-0.2, -0.15) is 0 Å². The van der Waals surface area contributed by atoms with Crippen molar-refractivity contribution in [1.82, 2.24) is 14.8 Å². The van der Waals surface area contributed by atoms with Crippen molar-refractivity contribution in [2.75, 3.05) is 18.2 Å². The second-order valence-corrected chi connectivity index (χ2v) is 9.16. The predicted octanol–water partition coefficient (Wildman–Crippen LogP) is 6.02. The number of hydrogen-bond acceptors (Lipinski definition) is 6. The summed E-state index contributed by atoms with van der Waals surface area (Å²) in [7, 11) is 1.61. The van der Waals surface area contributed by atoms with Crippen LogP contribution in [0.3, 0.4) is 0 Å². The summed E-state index contributed by atoms with van der Waals surface area (Å²) in [5, 5.41) is 12.5. The summed E-state index contributed by atoms with van der Waals surface area (Å²) in [6.45, 7) is 6.00. The van der Waals surface area contributed by atoms with Gasteiger partial charge in [-0.15, -0.1) is 10.2 Å². The summed E-state index contributed by atoms with van der Waals surface area (Å²) in [6.07, 6.45) is 0.427. The lowest BCUT2D eigenvalue weighted by Gasteiger charge is -2.18. The lowest BCUT2D eigenvalue weighted by Crippen LogP contribution is -2.17. The van der Waals surface area contributed by atoms with E-state index in [9.17, 15) is 4.79 Å². The van der Waals surface area contributed by atoms with Gasteiger partial charge in [-0.05, 0) is 55.7 Å². The van der Waals surface area contributed by atoms with Crippen LogP contribution >= 0.6 is 11.8 Å². The van der Waals surface area contributed by atoms with Gasteiger partial charge in [0.15, 0.2) is 28.6 Å². The molecule has 0 saturated carbocycles. The number of rotatable bonds is 10. The SMILES string of the molecule is CCc1cccc(C)c1NC(=O)CSc1nnc(C(C)Oc2ccccc2OC)n1-c1ccccc1. The van der Waals surface area contributed by atoms with Crippen molar-refractivity contribution in [1.29, 1.82) is 0 Å². The van der Waals surface area contributed by atoms with E-state index in [-0.39, 0.29) is 11.7 Å². The number of aryl methyl sites for hydroxylation is 2. The number of para-hydroxylation sites is 4. The molecule has 186 valence electrons. The first-order valence-corrected chi connectivity index (χ1v) is 12.8. The van der Waals surface area contributed by atoms with Crippen LogP contribution in [0.5, 0.6) is 11.5 Å². The fraction of sp³-hybridized carbons (Fsp3) is 0.250. The summed E-state index contributed by atoms with van der Waals surface area (Å²) in [6, 6.07) is 23.4. The highest BCUT2D eigenvalue weighted by Gasteiger charge is 2.22. The molecule has 4 rings (SSSR count). The van der Waals surface area contributed by atoms with Crippen molar-refractivity contribution in [2.24, 2.45) is 0 Å². The molecule has 0 aliphatic heterocycles. The first kappa shape index (κ1) is 25.3. The zero-order valence-electron chi connectivity index (χ0n) is 20.9. The van der Waals surface area contributed by atoms with Crippen molar-refractivity contribution >= 4 is 23.4 Å². The Morgan fingerprint density at radius 2 is 1.72 bits per heavy atom. The summed E-state index contributed by atoms with van der Waals surface area (Å²) < 4.78 is 13.6. The Bertz CT molecular complexity index is 1320. The third-order valence-corrected chi connectivity index (χ3v) is 6.67. The number of ether oxygens (including phenoxy) is 2. The largest absolute Gasteiger partial charge is 0.493 e. The Labute approximate surface area is 215 Å². The van der Waals surface area contributed by atoms with E-state index in [1.165, 1.54) is 11.8 Å². The smallest absolute Gasteiger partial charge is 0.234 e. The number of thioether (sulfide) groups is 1. The van der Waals surface area contributed by atoms with Crippen LogP contribution in [0.25, 0.3) is 5.69 Å². The second kappa shape index (κ2) is 11.8. The normalized spacial score (nSPS) is 11.7. The van der Waals surface area contributed by atoms with Crippen molar-refractivity contribution in [3.63, 3.8) is 0 Å². The van der Waals surface area contributed by atoms with Crippen LogP contribution in [0, 0.1) is 6.92 Å². The van der Waals surface area contributed by atoms with Crippen molar-refractivity contribution < 1.29 is 14.3 Å². The third kappa shape index (κ3) is 5.71. The number of nitrogens with one attached hydrogen (secondary N) is 1. The molecule has 1 unspecified atom stereocenters. The lowest BCUT2D eigenvalue weighted by molar-refractivity contribution is -0.113. The van der Waals surface area contributed by atoms with E-state index < -0.39 is 6.10 Å². The zero-order chi connectivity index (χ0) is 25.5. The molecular formula is C28H30N4O3S. The number of nitrogens with zero attached hydrogens (tertiary/aromatic N) is 3. The minimum atomic E-state index is -0.420. The highest BCUT2D eigenvalue weighted by atomic mass is 32.2. The summed E-state index contributed by atoms with van der Waals surface area (Å²) in [5.74, 6) is 2.00. The minimum absolute atomic E-state index is 0.0912. The molecule has 0 bridgehead atoms. The van der Waals surface area contributed by atoms with Crippen LogP contribution in [0.4, 0.5) is 5.69 Å². The molecule has 7 nitrogen and oxygen atoms in total. The Morgan fingerprint density at radius 1 is 1.00 bits per heavy atom. The van der Waals surface area contributed by atoms with Crippen LogP contribution in [-0.4, -0.2) is 33.5 Å². The van der Waals surface area contributed by atoms with Crippen molar-refractivity contribution in [3.8, 4) is 17.2 Å². The predicted molar refractivity (Wildman–Crippen MR) is 143 cm³/mol. The number of amides is 1. The van der Waals surface area contributed by atoms with E-state index in [4.69, 9.17) is 9.47 Å². The molecule has 1 atom stereocenters. The Hall–Kier alpha value is -3.78. The Kier molecular flexibility index (Phi) is 8.28. The van der Waals surface area contributed by atoms with Gasteiger partial charge in [0.2, 0.25) is 5.91 Å². The van der Waals surface area contributed by atoms with Gasteiger partial charge in [0.25, 0.3) is 0 Å². The molecular weight excluding hydrogens is 472 g/mol. The van der Waals surface area contributed by atoms with Gasteiger partial charge in [0.05, 0.1) is 12.9 Å². The number of carbonyl (C=O) groups excluding carboxylic acids is 1. The monoisotopic (exact) mass is 502 g/mol. The number of aromatic nitrogens is 3. The molecule has 0 aliphatic rings. The number of benzene rings is 3. The van der Waals surface area contributed by atoms with Gasteiger partial charge in [-0.3, -0.25) is 9.36 Å². The molecule has 0 spiro atoms. The summed E-state index contributed by atoms with van der Waals surface area (Å²) in [5.41, 5.74) is 3.94. The number of anilines is 1. The van der Waals surface area contributed by atoms with E-state index in [0.717, 1.165) is 28.9 Å². The molecule has 8 heteroatoms. The van der Waals surface area contributed by atoms with E-state index >= 15 is 0 Å². The van der Waals surface area contributed by atoms with Crippen LogP contribution in [0.1, 0.15) is 36.9 Å². The number of carbonyl (C=O) groups is 1. The van der Waals surface area contributed by atoms with E-state index in [1.54, 1.807) is 7.11 Å². The Balaban J connectivity index is 1.56. The number of hydrogen-bond donors (Lipinski definition) is 1. The van der Waals surface area contributed by atoms with E-state index in [2.05, 4.69) is 22.4 Å². The molecule has 1 aromatic heterocycles. The van der Waals surface area contributed by atoms with Gasteiger partial charge in [-0.1, -0.05) is 67.2 Å². The van der Waals surface area contributed by atoms with Crippen molar-refractivity contribution in [2.45, 2.75) is 38.5 Å². The highest BCUT2D eigenvalue weighted by molar-refractivity contribution is 7.99. The van der Waals surface area contributed by atoms with Crippen LogP contribution < -0.4 is 14.8 Å². The molecule has 36 heavy (non-hydrogen) atoms. The standard InChI is InChI=1S/C28H30N4O3S/c1-5-21-13-11-12-19(2)26(21)29-25(33)18-36-28-31-30-27(32(28)22-14-7-6-8-15-22)20(3)35-24-17-10-9-16-23(24)34-4/h6-17,20H,5,18H2,1-4H3,(H,29,33). The fourth-order valence-electron chi connectivity index (χ4n) is 3.92.